The standard InChI is InChI=1S/C20H15F/c21-20-14-8-7-13-18(20)15-19(16-9-3-1-4-10-16)17-11-5-2-6-12-17/h1-15H. The van der Waals surface area contributed by atoms with E-state index in [4.69, 9.17) is 0 Å². The maximum Gasteiger partial charge on any atom is 0.130 e. The first-order valence-electron chi connectivity index (χ1n) is 6.92. The van der Waals surface area contributed by atoms with Crippen LogP contribution in [-0.2, 0) is 0 Å². The summed E-state index contributed by atoms with van der Waals surface area (Å²) in [6.45, 7) is 0. The minimum atomic E-state index is -0.207. The molecule has 0 fully saturated rings. The van der Waals surface area contributed by atoms with E-state index in [2.05, 4.69) is 0 Å². The van der Waals surface area contributed by atoms with Crippen LogP contribution in [0.4, 0.5) is 4.39 Å². The van der Waals surface area contributed by atoms with E-state index in [9.17, 15) is 4.39 Å². The summed E-state index contributed by atoms with van der Waals surface area (Å²) in [5.74, 6) is -0.207. The second-order valence-electron chi connectivity index (χ2n) is 4.81. The van der Waals surface area contributed by atoms with Gasteiger partial charge in [-0.2, -0.15) is 0 Å². The van der Waals surface area contributed by atoms with Crippen LogP contribution in [0.2, 0.25) is 0 Å². The van der Waals surface area contributed by atoms with Gasteiger partial charge < -0.3 is 0 Å². The third kappa shape index (κ3) is 3.09. The third-order valence-electron chi connectivity index (χ3n) is 3.37. The summed E-state index contributed by atoms with van der Waals surface area (Å²) in [6.07, 6.45) is 1.90. The van der Waals surface area contributed by atoms with Crippen LogP contribution in [0.5, 0.6) is 0 Å². The zero-order chi connectivity index (χ0) is 14.5. The van der Waals surface area contributed by atoms with E-state index >= 15 is 0 Å². The van der Waals surface area contributed by atoms with Gasteiger partial charge in [-0.05, 0) is 28.8 Å². The molecule has 0 radical (unpaired) electrons. The highest BCUT2D eigenvalue weighted by molar-refractivity contribution is 5.91. The molecule has 0 spiro atoms. The molecule has 0 heterocycles. The van der Waals surface area contributed by atoms with E-state index in [0.717, 1.165) is 16.7 Å². The van der Waals surface area contributed by atoms with E-state index in [-0.39, 0.29) is 5.82 Å². The second kappa shape index (κ2) is 6.19. The Bertz CT molecular complexity index is 702. The maximum absolute atomic E-state index is 13.9. The van der Waals surface area contributed by atoms with Gasteiger partial charge in [0.05, 0.1) is 0 Å². The number of halogens is 1. The van der Waals surface area contributed by atoms with Crippen LogP contribution in [0, 0.1) is 5.82 Å². The van der Waals surface area contributed by atoms with Crippen molar-refractivity contribution in [1.29, 1.82) is 0 Å². The predicted molar refractivity (Wildman–Crippen MR) is 86.3 cm³/mol. The minimum absolute atomic E-state index is 0.207. The molecule has 0 saturated heterocycles. The van der Waals surface area contributed by atoms with Crippen molar-refractivity contribution in [3.63, 3.8) is 0 Å². The monoisotopic (exact) mass is 274 g/mol. The summed E-state index contributed by atoms with van der Waals surface area (Å²) in [4.78, 5) is 0. The summed E-state index contributed by atoms with van der Waals surface area (Å²) < 4.78 is 13.9. The largest absolute Gasteiger partial charge is 0.206 e. The lowest BCUT2D eigenvalue weighted by atomic mass is 9.96. The highest BCUT2D eigenvalue weighted by Gasteiger charge is 2.06. The number of hydrogen-bond donors (Lipinski definition) is 0. The van der Waals surface area contributed by atoms with Crippen molar-refractivity contribution in [2.24, 2.45) is 0 Å². The maximum atomic E-state index is 13.9. The molecule has 0 amide bonds. The van der Waals surface area contributed by atoms with Crippen LogP contribution in [0.1, 0.15) is 16.7 Å². The van der Waals surface area contributed by atoms with Crippen LogP contribution in [-0.4, -0.2) is 0 Å². The summed E-state index contributed by atoms with van der Waals surface area (Å²) in [5, 5.41) is 0. The average Bonchev–Trinajstić information content (AvgIpc) is 2.56. The predicted octanol–water partition coefficient (Wildman–Crippen LogP) is 5.41. The fourth-order valence-electron chi connectivity index (χ4n) is 2.32. The Morgan fingerprint density at radius 2 is 1.10 bits per heavy atom. The van der Waals surface area contributed by atoms with E-state index < -0.39 is 0 Å². The molecule has 1 heteroatoms. The molecule has 21 heavy (non-hydrogen) atoms. The van der Waals surface area contributed by atoms with Crippen LogP contribution >= 0.6 is 0 Å². The summed E-state index contributed by atoms with van der Waals surface area (Å²) >= 11 is 0. The first kappa shape index (κ1) is 13.3. The van der Waals surface area contributed by atoms with Crippen molar-refractivity contribution < 1.29 is 4.39 Å². The Morgan fingerprint density at radius 1 is 0.619 bits per heavy atom. The van der Waals surface area contributed by atoms with E-state index in [1.807, 2.05) is 72.8 Å². The minimum Gasteiger partial charge on any atom is -0.206 e. The normalized spacial score (nSPS) is 10.1. The lowest BCUT2D eigenvalue weighted by Crippen LogP contribution is -1.89. The van der Waals surface area contributed by atoms with Gasteiger partial charge in [-0.25, -0.2) is 4.39 Å². The molecule has 3 rings (SSSR count). The number of benzene rings is 3. The van der Waals surface area contributed by atoms with Gasteiger partial charge in [0.2, 0.25) is 0 Å². The smallest absolute Gasteiger partial charge is 0.130 e. The van der Waals surface area contributed by atoms with Gasteiger partial charge in [-0.1, -0.05) is 78.9 Å². The lowest BCUT2D eigenvalue weighted by molar-refractivity contribution is 0.625. The SMILES string of the molecule is Fc1ccccc1C=C(c1ccccc1)c1ccccc1. The Balaban J connectivity index is 2.16. The molecule has 0 aliphatic carbocycles. The molecule has 0 bridgehead atoms. The lowest BCUT2D eigenvalue weighted by Gasteiger charge is -2.09. The zero-order valence-corrected chi connectivity index (χ0v) is 11.5. The van der Waals surface area contributed by atoms with Gasteiger partial charge in [-0.3, -0.25) is 0 Å². The molecule has 0 saturated carbocycles. The molecule has 102 valence electrons. The molecular weight excluding hydrogens is 259 g/mol. The van der Waals surface area contributed by atoms with Crippen molar-refractivity contribution in [3.8, 4) is 0 Å². The highest BCUT2D eigenvalue weighted by atomic mass is 19.1. The molecular formula is C20H15F. The molecule has 0 aliphatic heterocycles. The number of hydrogen-bond acceptors (Lipinski definition) is 0. The Hall–Kier alpha value is -2.67. The van der Waals surface area contributed by atoms with Crippen molar-refractivity contribution >= 4 is 11.6 Å². The quantitative estimate of drug-likeness (QED) is 0.560. The van der Waals surface area contributed by atoms with E-state index in [1.165, 1.54) is 6.07 Å². The Morgan fingerprint density at radius 3 is 1.62 bits per heavy atom. The first-order chi connectivity index (χ1) is 10.3. The third-order valence-corrected chi connectivity index (χ3v) is 3.37. The molecule has 0 atom stereocenters. The van der Waals surface area contributed by atoms with Gasteiger partial charge in [0.25, 0.3) is 0 Å². The van der Waals surface area contributed by atoms with Gasteiger partial charge >= 0.3 is 0 Å². The molecule has 0 unspecified atom stereocenters. The fourth-order valence-corrected chi connectivity index (χ4v) is 2.32. The molecule has 3 aromatic carbocycles. The van der Waals surface area contributed by atoms with Crippen molar-refractivity contribution in [3.05, 3.63) is 107 Å². The van der Waals surface area contributed by atoms with Crippen molar-refractivity contribution in [2.45, 2.75) is 0 Å². The first-order valence-corrected chi connectivity index (χ1v) is 6.92. The van der Waals surface area contributed by atoms with E-state index in [0.29, 0.717) is 5.56 Å². The molecule has 0 aromatic heterocycles. The zero-order valence-electron chi connectivity index (χ0n) is 11.5. The molecule has 0 nitrogen and oxygen atoms in total. The van der Waals surface area contributed by atoms with Gasteiger partial charge in [0.15, 0.2) is 0 Å². The summed E-state index contributed by atoms with van der Waals surface area (Å²) in [5.41, 5.74) is 3.76. The van der Waals surface area contributed by atoms with Crippen LogP contribution in [0.3, 0.4) is 0 Å². The molecule has 0 N–H and O–H groups in total. The van der Waals surface area contributed by atoms with Crippen LogP contribution in [0.15, 0.2) is 84.9 Å². The summed E-state index contributed by atoms with van der Waals surface area (Å²) in [6, 6.07) is 26.9. The highest BCUT2D eigenvalue weighted by Crippen LogP contribution is 2.26. The number of rotatable bonds is 3. The van der Waals surface area contributed by atoms with Crippen LogP contribution < -0.4 is 0 Å². The summed E-state index contributed by atoms with van der Waals surface area (Å²) in [7, 11) is 0. The fraction of sp³-hybridized carbons (Fsp3) is 0. The van der Waals surface area contributed by atoms with Gasteiger partial charge in [0, 0.05) is 5.56 Å². The molecule has 3 aromatic rings. The van der Waals surface area contributed by atoms with Crippen LogP contribution in [0.25, 0.3) is 11.6 Å². The van der Waals surface area contributed by atoms with E-state index in [1.54, 1.807) is 12.1 Å². The Labute approximate surface area is 124 Å². The van der Waals surface area contributed by atoms with Crippen molar-refractivity contribution in [1.82, 2.24) is 0 Å². The average molecular weight is 274 g/mol. The molecule has 0 aliphatic rings. The van der Waals surface area contributed by atoms with Gasteiger partial charge in [-0.15, -0.1) is 0 Å². The topological polar surface area (TPSA) is 0 Å². The Kier molecular flexibility index (Phi) is 3.92. The van der Waals surface area contributed by atoms with Gasteiger partial charge in [0.1, 0.15) is 5.82 Å². The van der Waals surface area contributed by atoms with Crippen molar-refractivity contribution in [2.75, 3.05) is 0 Å². The second-order valence-corrected chi connectivity index (χ2v) is 4.81.